The Hall–Kier alpha value is -2.94. The van der Waals surface area contributed by atoms with Crippen LogP contribution in [-0.4, -0.2) is 26.4 Å². The Morgan fingerprint density at radius 1 is 1.03 bits per heavy atom. The van der Waals surface area contributed by atoms with Gasteiger partial charge in [0.15, 0.2) is 0 Å². The first-order chi connectivity index (χ1) is 14.4. The number of nitrogens with zero attached hydrogens (tertiary/aromatic N) is 2. The number of carbonyl (C=O) groups excluding carboxylic acids is 1. The predicted octanol–water partition coefficient (Wildman–Crippen LogP) is 5.03. The first-order valence-corrected chi connectivity index (χ1v) is 11.5. The van der Waals surface area contributed by atoms with Crippen LogP contribution in [0.5, 0.6) is 0 Å². The van der Waals surface area contributed by atoms with Gasteiger partial charge in [-0.25, -0.2) is 13.4 Å². The molecular weight excluding hydrogens is 442 g/mol. The van der Waals surface area contributed by atoms with E-state index < -0.39 is 10.0 Å². The first kappa shape index (κ1) is 20.3. The minimum Gasteiger partial charge on any atom is -0.321 e. The minimum atomic E-state index is -3.74. The summed E-state index contributed by atoms with van der Waals surface area (Å²) in [7, 11) is -2.25. The van der Waals surface area contributed by atoms with E-state index in [-0.39, 0.29) is 10.8 Å². The highest BCUT2D eigenvalue weighted by molar-refractivity contribution is 7.92. The second-order valence-corrected chi connectivity index (χ2v) is 9.64. The molecule has 4 aromatic rings. The number of halogens is 1. The normalized spacial score (nSPS) is 11.4. The molecule has 1 N–H and O–H groups in total. The molecule has 152 valence electrons. The summed E-state index contributed by atoms with van der Waals surface area (Å²) in [5.74, 6) is -0.354. The Morgan fingerprint density at radius 3 is 2.43 bits per heavy atom. The molecule has 0 spiro atoms. The zero-order chi connectivity index (χ0) is 21.3. The number of fused-ring (bicyclic) bond motifs is 1. The highest BCUT2D eigenvalue weighted by atomic mass is 35.5. The highest BCUT2D eigenvalue weighted by Crippen LogP contribution is 2.32. The van der Waals surface area contributed by atoms with Crippen molar-refractivity contribution in [3.63, 3.8) is 0 Å². The van der Waals surface area contributed by atoms with Crippen molar-refractivity contribution in [3.8, 4) is 0 Å². The summed E-state index contributed by atoms with van der Waals surface area (Å²) in [5.41, 5.74) is 3.78. The Kier molecular flexibility index (Phi) is 5.46. The fraction of sp³-hybridized carbons (Fsp3) is 0.0476. The topological polar surface area (TPSA) is 79.4 Å². The van der Waals surface area contributed by atoms with E-state index in [4.69, 9.17) is 11.6 Å². The van der Waals surface area contributed by atoms with E-state index in [1.807, 2.05) is 6.07 Å². The molecule has 30 heavy (non-hydrogen) atoms. The molecule has 0 saturated carbocycles. The van der Waals surface area contributed by atoms with Crippen LogP contribution >= 0.6 is 22.9 Å². The van der Waals surface area contributed by atoms with Gasteiger partial charge in [0.2, 0.25) is 0 Å². The van der Waals surface area contributed by atoms with Crippen LogP contribution in [0.1, 0.15) is 10.4 Å². The molecule has 9 heteroatoms. The molecular formula is C21H16ClN3O3S2. The molecule has 0 fully saturated rings. The zero-order valence-electron chi connectivity index (χ0n) is 15.7. The molecule has 1 amide bonds. The molecule has 0 unspecified atom stereocenters. The third kappa shape index (κ3) is 3.77. The largest absolute Gasteiger partial charge is 0.321 e. The third-order valence-electron chi connectivity index (χ3n) is 4.58. The SMILES string of the molecule is CN(c1ccccc1)S(=O)(=O)c1ccc(C(=O)Nc2ccc(Cl)c3ncsc23)cc1. The van der Waals surface area contributed by atoms with E-state index in [2.05, 4.69) is 10.3 Å². The van der Waals surface area contributed by atoms with Gasteiger partial charge in [-0.15, -0.1) is 11.3 Å². The number of anilines is 2. The molecule has 4 rings (SSSR count). The van der Waals surface area contributed by atoms with Gasteiger partial charge in [0.05, 0.1) is 31.5 Å². The number of para-hydroxylation sites is 1. The summed E-state index contributed by atoms with van der Waals surface area (Å²) in [6, 6.07) is 18.0. The number of sulfonamides is 1. The number of rotatable bonds is 5. The van der Waals surface area contributed by atoms with Gasteiger partial charge >= 0.3 is 0 Å². The standard InChI is InChI=1S/C21H16ClN3O3S2/c1-25(15-5-3-2-4-6-15)30(27,28)16-9-7-14(8-10-16)21(26)24-18-12-11-17(22)19-20(18)29-13-23-19/h2-13H,1H3,(H,24,26). The second kappa shape index (κ2) is 8.06. The molecule has 0 radical (unpaired) electrons. The van der Waals surface area contributed by atoms with Crippen molar-refractivity contribution in [3.05, 3.63) is 82.8 Å². The lowest BCUT2D eigenvalue weighted by atomic mass is 10.2. The lowest BCUT2D eigenvalue weighted by Gasteiger charge is -2.19. The Labute approximate surface area is 182 Å². The van der Waals surface area contributed by atoms with E-state index in [1.165, 1.54) is 47.0 Å². The molecule has 1 heterocycles. The van der Waals surface area contributed by atoms with Crippen molar-refractivity contribution in [1.82, 2.24) is 4.98 Å². The number of benzene rings is 3. The third-order valence-corrected chi connectivity index (χ3v) is 7.54. The number of carbonyl (C=O) groups is 1. The van der Waals surface area contributed by atoms with E-state index in [0.29, 0.717) is 27.5 Å². The Balaban J connectivity index is 1.56. The molecule has 0 bridgehead atoms. The van der Waals surface area contributed by atoms with Crippen LogP contribution in [0.4, 0.5) is 11.4 Å². The summed E-state index contributed by atoms with van der Waals surface area (Å²) in [5, 5.41) is 3.35. The van der Waals surface area contributed by atoms with Gasteiger partial charge in [-0.3, -0.25) is 9.10 Å². The van der Waals surface area contributed by atoms with Crippen molar-refractivity contribution >= 4 is 60.5 Å². The van der Waals surface area contributed by atoms with Crippen LogP contribution in [-0.2, 0) is 10.0 Å². The van der Waals surface area contributed by atoms with Crippen LogP contribution in [0.3, 0.4) is 0 Å². The van der Waals surface area contributed by atoms with E-state index in [9.17, 15) is 13.2 Å². The smallest absolute Gasteiger partial charge is 0.264 e. The van der Waals surface area contributed by atoms with Crippen LogP contribution in [0.2, 0.25) is 5.02 Å². The number of aromatic nitrogens is 1. The van der Waals surface area contributed by atoms with E-state index >= 15 is 0 Å². The van der Waals surface area contributed by atoms with Crippen LogP contribution in [0.25, 0.3) is 10.2 Å². The summed E-state index contributed by atoms with van der Waals surface area (Å²) in [6.07, 6.45) is 0. The summed E-state index contributed by atoms with van der Waals surface area (Å²) in [6.45, 7) is 0. The van der Waals surface area contributed by atoms with Crippen molar-refractivity contribution in [2.45, 2.75) is 4.90 Å². The number of hydrogen-bond acceptors (Lipinski definition) is 5. The maximum atomic E-state index is 12.9. The number of hydrogen-bond donors (Lipinski definition) is 1. The molecule has 0 aliphatic rings. The summed E-state index contributed by atoms with van der Waals surface area (Å²) >= 11 is 7.50. The Bertz CT molecular complexity index is 1320. The van der Waals surface area contributed by atoms with E-state index in [1.54, 1.807) is 41.9 Å². The monoisotopic (exact) mass is 457 g/mol. The van der Waals surface area contributed by atoms with Gasteiger partial charge in [0.25, 0.3) is 15.9 Å². The molecule has 0 aliphatic carbocycles. The van der Waals surface area contributed by atoms with Crippen molar-refractivity contribution in [1.29, 1.82) is 0 Å². The number of thiazole rings is 1. The maximum Gasteiger partial charge on any atom is 0.264 e. The molecule has 6 nitrogen and oxygen atoms in total. The van der Waals surface area contributed by atoms with Crippen molar-refractivity contribution in [2.75, 3.05) is 16.7 Å². The molecule has 0 saturated heterocycles. The lowest BCUT2D eigenvalue weighted by molar-refractivity contribution is 0.102. The molecule has 1 aromatic heterocycles. The fourth-order valence-electron chi connectivity index (χ4n) is 2.92. The lowest BCUT2D eigenvalue weighted by Crippen LogP contribution is -2.26. The van der Waals surface area contributed by atoms with Crippen LogP contribution in [0.15, 0.2) is 77.1 Å². The average Bonchev–Trinajstić information content (AvgIpc) is 3.27. The van der Waals surface area contributed by atoms with E-state index in [0.717, 1.165) is 4.70 Å². The second-order valence-electron chi connectivity index (χ2n) is 6.41. The van der Waals surface area contributed by atoms with Crippen molar-refractivity contribution < 1.29 is 13.2 Å². The minimum absolute atomic E-state index is 0.0988. The first-order valence-electron chi connectivity index (χ1n) is 8.85. The fourth-order valence-corrected chi connectivity index (χ4v) is 5.17. The van der Waals surface area contributed by atoms with Gasteiger partial charge in [-0.2, -0.15) is 0 Å². The van der Waals surface area contributed by atoms with Gasteiger partial charge in [0, 0.05) is 12.6 Å². The highest BCUT2D eigenvalue weighted by Gasteiger charge is 2.21. The Morgan fingerprint density at radius 2 is 1.73 bits per heavy atom. The van der Waals surface area contributed by atoms with Crippen LogP contribution in [0, 0.1) is 0 Å². The van der Waals surface area contributed by atoms with Gasteiger partial charge < -0.3 is 5.32 Å². The number of amides is 1. The van der Waals surface area contributed by atoms with Crippen molar-refractivity contribution in [2.24, 2.45) is 0 Å². The summed E-state index contributed by atoms with van der Waals surface area (Å²) in [4.78, 5) is 17.0. The maximum absolute atomic E-state index is 12.9. The van der Waals surface area contributed by atoms with Gasteiger partial charge in [-0.1, -0.05) is 29.8 Å². The average molecular weight is 458 g/mol. The molecule has 0 atom stereocenters. The van der Waals surface area contributed by atoms with Gasteiger partial charge in [0.1, 0.15) is 5.52 Å². The molecule has 3 aromatic carbocycles. The summed E-state index contributed by atoms with van der Waals surface area (Å²) < 4.78 is 27.7. The quantitative estimate of drug-likeness (QED) is 0.456. The predicted molar refractivity (Wildman–Crippen MR) is 121 cm³/mol. The van der Waals surface area contributed by atoms with Gasteiger partial charge in [-0.05, 0) is 48.5 Å². The zero-order valence-corrected chi connectivity index (χ0v) is 18.1. The molecule has 0 aliphatic heterocycles. The van der Waals surface area contributed by atoms with Crippen LogP contribution < -0.4 is 9.62 Å². The number of nitrogens with one attached hydrogen (secondary N) is 1.